The van der Waals surface area contributed by atoms with Crippen molar-refractivity contribution in [3.63, 3.8) is 0 Å². The van der Waals surface area contributed by atoms with E-state index in [0.717, 1.165) is 17.9 Å². The molecule has 130 valence electrons. The Morgan fingerprint density at radius 3 is 2.61 bits per heavy atom. The van der Waals surface area contributed by atoms with E-state index in [1.807, 2.05) is 31.3 Å². The first-order chi connectivity index (χ1) is 9.89. The van der Waals surface area contributed by atoms with Crippen molar-refractivity contribution in [1.29, 1.82) is 0 Å². The second kappa shape index (κ2) is 9.50. The van der Waals surface area contributed by atoms with Crippen molar-refractivity contribution < 1.29 is 4.42 Å². The molecule has 23 heavy (non-hydrogen) atoms. The summed E-state index contributed by atoms with van der Waals surface area (Å²) < 4.78 is 5.80. The van der Waals surface area contributed by atoms with Gasteiger partial charge in [0.2, 0.25) is 5.89 Å². The minimum absolute atomic E-state index is 0. The summed E-state index contributed by atoms with van der Waals surface area (Å²) in [5, 5.41) is 0.687. The van der Waals surface area contributed by atoms with Crippen molar-refractivity contribution in [2.75, 3.05) is 20.1 Å². The molecule has 0 aliphatic heterocycles. The fourth-order valence-electron chi connectivity index (χ4n) is 2.24. The first-order valence-electron chi connectivity index (χ1n) is 6.99. The Morgan fingerprint density at radius 1 is 1.30 bits per heavy atom. The van der Waals surface area contributed by atoms with Gasteiger partial charge in [0.15, 0.2) is 5.76 Å². The van der Waals surface area contributed by atoms with Gasteiger partial charge in [-0.1, -0.05) is 37.6 Å². The molecule has 1 aromatic carbocycles. The summed E-state index contributed by atoms with van der Waals surface area (Å²) in [6, 6.07) is 7.56. The van der Waals surface area contributed by atoms with Gasteiger partial charge in [-0.05, 0) is 31.1 Å². The summed E-state index contributed by atoms with van der Waals surface area (Å²) in [5.41, 5.74) is 6.78. The third-order valence-electron chi connectivity index (χ3n) is 3.32. The highest BCUT2D eigenvalue weighted by atomic mass is 35.5. The van der Waals surface area contributed by atoms with Gasteiger partial charge in [-0.3, -0.25) is 4.90 Å². The highest BCUT2D eigenvalue weighted by Gasteiger charge is 2.19. The molecule has 0 saturated carbocycles. The van der Waals surface area contributed by atoms with E-state index < -0.39 is 0 Å². The molecule has 4 nitrogen and oxygen atoms in total. The molecule has 0 radical (unpaired) electrons. The van der Waals surface area contributed by atoms with E-state index in [4.69, 9.17) is 21.8 Å². The SMILES string of the molecule is CN(Cc1ncc(-c2cccc(Cl)c2)o1)CC(C)(C)CN.Cl.Cl. The van der Waals surface area contributed by atoms with Crippen LogP contribution in [-0.4, -0.2) is 30.0 Å². The molecule has 0 spiro atoms. The van der Waals surface area contributed by atoms with Crippen LogP contribution in [0, 0.1) is 5.41 Å². The topological polar surface area (TPSA) is 55.3 Å². The predicted molar refractivity (Wildman–Crippen MR) is 101 cm³/mol. The Morgan fingerprint density at radius 2 is 2.00 bits per heavy atom. The predicted octanol–water partition coefficient (Wildman–Crippen LogP) is 4.26. The van der Waals surface area contributed by atoms with Gasteiger partial charge >= 0.3 is 0 Å². The molecule has 0 bridgehead atoms. The van der Waals surface area contributed by atoms with E-state index in [9.17, 15) is 0 Å². The van der Waals surface area contributed by atoms with Gasteiger partial charge in [-0.25, -0.2) is 4.98 Å². The maximum absolute atomic E-state index is 5.99. The molecule has 2 aromatic rings. The minimum Gasteiger partial charge on any atom is -0.439 e. The van der Waals surface area contributed by atoms with Crippen LogP contribution >= 0.6 is 36.4 Å². The van der Waals surface area contributed by atoms with E-state index in [1.54, 1.807) is 6.20 Å². The zero-order valence-electron chi connectivity index (χ0n) is 13.6. The van der Waals surface area contributed by atoms with Crippen LogP contribution in [0.5, 0.6) is 0 Å². The van der Waals surface area contributed by atoms with Crippen LogP contribution in [-0.2, 0) is 6.54 Å². The van der Waals surface area contributed by atoms with E-state index in [1.165, 1.54) is 0 Å². The Bertz CT molecular complexity index is 602. The van der Waals surface area contributed by atoms with Gasteiger partial charge in [0.05, 0.1) is 12.7 Å². The first-order valence-corrected chi connectivity index (χ1v) is 7.37. The number of hydrogen-bond donors (Lipinski definition) is 1. The average Bonchev–Trinajstić information content (AvgIpc) is 2.86. The summed E-state index contributed by atoms with van der Waals surface area (Å²) in [6.45, 7) is 6.49. The molecule has 0 unspecified atom stereocenters. The summed E-state index contributed by atoms with van der Waals surface area (Å²) in [7, 11) is 2.04. The summed E-state index contributed by atoms with van der Waals surface area (Å²) in [4.78, 5) is 6.50. The number of nitrogens with two attached hydrogens (primary N) is 1. The van der Waals surface area contributed by atoms with Gasteiger partial charge in [-0.2, -0.15) is 0 Å². The zero-order chi connectivity index (χ0) is 15.5. The largest absolute Gasteiger partial charge is 0.439 e. The van der Waals surface area contributed by atoms with Crippen LogP contribution in [0.4, 0.5) is 0 Å². The van der Waals surface area contributed by atoms with Crippen molar-refractivity contribution in [1.82, 2.24) is 9.88 Å². The Kier molecular flexibility index (Phi) is 9.18. The molecule has 1 aromatic heterocycles. The quantitative estimate of drug-likeness (QED) is 0.813. The third-order valence-corrected chi connectivity index (χ3v) is 3.55. The molecule has 7 heteroatoms. The standard InChI is InChI=1S/C16H22ClN3O.2ClH/c1-16(2,10-18)11-20(3)9-15-19-8-14(21-15)12-5-4-6-13(17)7-12;;/h4-8H,9-11,18H2,1-3H3;2*1H. The summed E-state index contributed by atoms with van der Waals surface area (Å²) >= 11 is 5.99. The highest BCUT2D eigenvalue weighted by Crippen LogP contribution is 2.24. The second-order valence-electron chi connectivity index (χ2n) is 6.17. The molecule has 0 saturated heterocycles. The summed E-state index contributed by atoms with van der Waals surface area (Å²) in [5.74, 6) is 1.43. The average molecular weight is 381 g/mol. The molecular formula is C16H24Cl3N3O. The lowest BCUT2D eigenvalue weighted by atomic mass is 9.93. The van der Waals surface area contributed by atoms with Crippen molar-refractivity contribution >= 4 is 36.4 Å². The Hall–Kier alpha value is -0.780. The number of halogens is 3. The molecule has 0 fully saturated rings. The van der Waals surface area contributed by atoms with Crippen molar-refractivity contribution in [3.8, 4) is 11.3 Å². The van der Waals surface area contributed by atoms with E-state index in [-0.39, 0.29) is 30.2 Å². The van der Waals surface area contributed by atoms with Crippen molar-refractivity contribution in [2.24, 2.45) is 11.1 Å². The van der Waals surface area contributed by atoms with Gasteiger partial charge in [0, 0.05) is 17.1 Å². The number of rotatable bonds is 6. The third kappa shape index (κ3) is 6.69. The van der Waals surface area contributed by atoms with Gasteiger partial charge in [-0.15, -0.1) is 24.8 Å². The highest BCUT2D eigenvalue weighted by molar-refractivity contribution is 6.30. The summed E-state index contributed by atoms with van der Waals surface area (Å²) in [6.07, 6.45) is 1.74. The number of benzene rings is 1. The lowest BCUT2D eigenvalue weighted by Crippen LogP contribution is -2.36. The number of hydrogen-bond acceptors (Lipinski definition) is 4. The number of nitrogens with zero attached hydrogens (tertiary/aromatic N) is 2. The second-order valence-corrected chi connectivity index (χ2v) is 6.61. The lowest BCUT2D eigenvalue weighted by Gasteiger charge is -2.28. The van der Waals surface area contributed by atoms with Gasteiger partial charge in [0.1, 0.15) is 0 Å². The monoisotopic (exact) mass is 379 g/mol. The van der Waals surface area contributed by atoms with Crippen LogP contribution in [0.2, 0.25) is 5.02 Å². The maximum Gasteiger partial charge on any atom is 0.209 e. The smallest absolute Gasteiger partial charge is 0.209 e. The van der Waals surface area contributed by atoms with Crippen LogP contribution in [0.1, 0.15) is 19.7 Å². The molecule has 2 rings (SSSR count). The van der Waals surface area contributed by atoms with Gasteiger partial charge < -0.3 is 10.2 Å². The normalized spacial score (nSPS) is 11.0. The molecule has 0 aliphatic rings. The fraction of sp³-hybridized carbons (Fsp3) is 0.438. The Balaban J connectivity index is 0.00000242. The molecule has 0 atom stereocenters. The van der Waals surface area contributed by atoms with Gasteiger partial charge in [0.25, 0.3) is 0 Å². The maximum atomic E-state index is 5.99. The molecular weight excluding hydrogens is 357 g/mol. The molecule has 1 heterocycles. The molecule has 2 N–H and O–H groups in total. The van der Waals surface area contributed by atoms with E-state index in [0.29, 0.717) is 24.0 Å². The first kappa shape index (κ1) is 22.2. The van der Waals surface area contributed by atoms with Crippen LogP contribution in [0.3, 0.4) is 0 Å². The van der Waals surface area contributed by atoms with Crippen LogP contribution in [0.25, 0.3) is 11.3 Å². The molecule has 0 aliphatic carbocycles. The van der Waals surface area contributed by atoms with Crippen molar-refractivity contribution in [3.05, 3.63) is 41.4 Å². The van der Waals surface area contributed by atoms with Crippen LogP contribution < -0.4 is 5.73 Å². The van der Waals surface area contributed by atoms with E-state index in [2.05, 4.69) is 23.7 Å². The number of aromatic nitrogens is 1. The van der Waals surface area contributed by atoms with Crippen LogP contribution in [0.15, 0.2) is 34.9 Å². The molecule has 0 amide bonds. The Labute approximate surface area is 155 Å². The van der Waals surface area contributed by atoms with Crippen molar-refractivity contribution in [2.45, 2.75) is 20.4 Å². The van der Waals surface area contributed by atoms with E-state index >= 15 is 0 Å². The fourth-order valence-corrected chi connectivity index (χ4v) is 2.43. The minimum atomic E-state index is 0. The number of oxazole rings is 1. The lowest BCUT2D eigenvalue weighted by molar-refractivity contribution is 0.196. The zero-order valence-corrected chi connectivity index (χ0v) is 16.0.